The Labute approximate surface area is 227 Å². The Balaban J connectivity index is 1.20. The van der Waals surface area contributed by atoms with Crippen LogP contribution in [0.3, 0.4) is 0 Å². The Morgan fingerprint density at radius 3 is 2.74 bits per heavy atom. The lowest BCUT2D eigenvalue weighted by Gasteiger charge is -2.32. The molecule has 3 aromatic rings. The summed E-state index contributed by atoms with van der Waals surface area (Å²) in [5.41, 5.74) is 3.78. The molecule has 0 spiro atoms. The monoisotopic (exact) mass is 526 g/mol. The molecule has 0 bridgehead atoms. The number of nitrogens with two attached hydrogens (primary N) is 1. The van der Waals surface area contributed by atoms with Gasteiger partial charge in [-0.15, -0.1) is 0 Å². The fraction of sp³-hybridized carbons (Fsp3) is 0.379. The third-order valence-electron chi connectivity index (χ3n) is 7.29. The molecule has 2 aliphatic heterocycles. The van der Waals surface area contributed by atoms with Crippen LogP contribution in [0.25, 0.3) is 11.4 Å². The van der Waals surface area contributed by atoms with Crippen molar-refractivity contribution in [3.8, 4) is 17.5 Å². The zero-order valence-electron chi connectivity index (χ0n) is 22.1. The van der Waals surface area contributed by atoms with Gasteiger partial charge >= 0.3 is 0 Å². The van der Waals surface area contributed by atoms with E-state index in [4.69, 9.17) is 15.2 Å². The second-order valence-corrected chi connectivity index (χ2v) is 10.4. The van der Waals surface area contributed by atoms with Gasteiger partial charge < -0.3 is 19.6 Å². The predicted molar refractivity (Wildman–Crippen MR) is 146 cm³/mol. The summed E-state index contributed by atoms with van der Waals surface area (Å²) >= 11 is 0. The van der Waals surface area contributed by atoms with Gasteiger partial charge in [0, 0.05) is 55.0 Å². The summed E-state index contributed by atoms with van der Waals surface area (Å²) < 4.78 is 5.64. The van der Waals surface area contributed by atoms with Crippen molar-refractivity contribution < 1.29 is 19.5 Å². The quantitative estimate of drug-likeness (QED) is 0.450. The third-order valence-corrected chi connectivity index (χ3v) is 7.29. The number of anilines is 2. The molecule has 10 heteroatoms. The van der Waals surface area contributed by atoms with E-state index in [-0.39, 0.29) is 30.2 Å². The largest absolute Gasteiger partial charge is 0.382 e. The Morgan fingerprint density at radius 2 is 2.03 bits per heavy atom. The number of hydrogen-bond donors (Lipinski definition) is 2. The lowest BCUT2D eigenvalue weighted by atomic mass is 9.95. The number of nitrogens with one attached hydrogen (secondary N) is 1. The van der Waals surface area contributed by atoms with Crippen LogP contribution in [-0.4, -0.2) is 58.7 Å². The summed E-state index contributed by atoms with van der Waals surface area (Å²) in [6.45, 7) is 5.59. The van der Waals surface area contributed by atoms with Gasteiger partial charge in [-0.25, -0.2) is 0 Å². The maximum Gasteiger partial charge on any atom is 0.230 e. The van der Waals surface area contributed by atoms with Crippen molar-refractivity contribution in [3.63, 3.8) is 0 Å². The van der Waals surface area contributed by atoms with Gasteiger partial charge in [0.2, 0.25) is 23.5 Å². The fourth-order valence-corrected chi connectivity index (χ4v) is 5.27. The number of benzene rings is 2. The van der Waals surface area contributed by atoms with Gasteiger partial charge in [0.25, 0.3) is 0 Å². The Hall–Kier alpha value is -4.52. The summed E-state index contributed by atoms with van der Waals surface area (Å²) in [5, 5.41) is 22.5. The second kappa shape index (κ2) is 11.1. The van der Waals surface area contributed by atoms with E-state index in [9.17, 15) is 9.59 Å². The molecule has 0 radical (unpaired) electrons. The van der Waals surface area contributed by atoms with E-state index in [2.05, 4.69) is 35.4 Å². The van der Waals surface area contributed by atoms with E-state index in [1.54, 1.807) is 35.4 Å². The molecule has 5 rings (SSSR count). The molecule has 10 nitrogen and oxygen atoms in total. The molecule has 0 unspecified atom stereocenters. The topological polar surface area (TPSA) is 141 Å². The van der Waals surface area contributed by atoms with Gasteiger partial charge in [0.15, 0.2) is 6.21 Å². The number of nitrogens with zero attached hydrogens (tertiary/aromatic N) is 5. The maximum absolute atomic E-state index is 13.3. The van der Waals surface area contributed by atoms with E-state index in [1.165, 1.54) is 0 Å². The van der Waals surface area contributed by atoms with Crippen molar-refractivity contribution >= 4 is 29.4 Å². The summed E-state index contributed by atoms with van der Waals surface area (Å²) in [4.78, 5) is 34.1. The van der Waals surface area contributed by atoms with Crippen LogP contribution in [0.2, 0.25) is 0 Å². The van der Waals surface area contributed by atoms with E-state index in [1.807, 2.05) is 23.1 Å². The Bertz CT molecular complexity index is 1430. The number of carbonyl (C=O) groups excluding carboxylic acids is 2. The lowest BCUT2D eigenvalue weighted by Crippen LogP contribution is -2.42. The molecule has 3 N–H and O–H groups in total. The van der Waals surface area contributed by atoms with Crippen molar-refractivity contribution in [2.75, 3.05) is 29.9 Å². The summed E-state index contributed by atoms with van der Waals surface area (Å²) in [5.74, 6) is 0.663. The van der Waals surface area contributed by atoms with Crippen LogP contribution in [-0.2, 0) is 9.59 Å². The zero-order valence-corrected chi connectivity index (χ0v) is 22.1. The van der Waals surface area contributed by atoms with Gasteiger partial charge in [0.05, 0.1) is 23.1 Å². The van der Waals surface area contributed by atoms with Crippen molar-refractivity contribution in [3.05, 3.63) is 59.5 Å². The second-order valence-electron chi connectivity index (χ2n) is 10.4. The number of amides is 2. The van der Waals surface area contributed by atoms with Crippen LogP contribution in [0, 0.1) is 17.2 Å². The highest BCUT2D eigenvalue weighted by Crippen LogP contribution is 2.32. The highest BCUT2D eigenvalue weighted by atomic mass is 16.5. The predicted octanol–water partition coefficient (Wildman–Crippen LogP) is 2.37. The first kappa shape index (κ1) is 26.1. The van der Waals surface area contributed by atoms with Crippen molar-refractivity contribution in [2.24, 2.45) is 5.92 Å². The van der Waals surface area contributed by atoms with E-state index >= 15 is 0 Å². The first-order valence-electron chi connectivity index (χ1n) is 13.2. The molecule has 0 aliphatic carbocycles. The molecule has 200 valence electrons. The molecule has 39 heavy (non-hydrogen) atoms. The van der Waals surface area contributed by atoms with E-state index in [0.29, 0.717) is 55.4 Å². The summed E-state index contributed by atoms with van der Waals surface area (Å²) in [6.07, 6.45) is 3.17. The summed E-state index contributed by atoms with van der Waals surface area (Å²) in [6, 6.07) is 15.1. The van der Waals surface area contributed by atoms with Gasteiger partial charge in [-0.1, -0.05) is 17.3 Å². The molecule has 2 fully saturated rings. The number of rotatable bonds is 7. The van der Waals surface area contributed by atoms with E-state index < -0.39 is 5.92 Å². The van der Waals surface area contributed by atoms with Gasteiger partial charge in [0.1, 0.15) is 0 Å². The molecule has 3 heterocycles. The highest BCUT2D eigenvalue weighted by molar-refractivity contribution is 6.00. The van der Waals surface area contributed by atoms with Gasteiger partial charge in [-0.05, 0) is 57.0 Å². The van der Waals surface area contributed by atoms with Gasteiger partial charge in [-0.2, -0.15) is 10.2 Å². The Morgan fingerprint density at radius 1 is 1.23 bits per heavy atom. The number of piperidine rings is 1. The van der Waals surface area contributed by atoms with Gasteiger partial charge in [-0.3, -0.25) is 15.0 Å². The van der Waals surface area contributed by atoms with Crippen LogP contribution in [0.5, 0.6) is 0 Å². The standard InChI is InChI=1S/C29H31N7O3/c1-18(2)32-25-13-21(6-7-22(25)16-31)27-33-28(39-34-27)20-8-10-35(11-9-20)29(38)23-14-26(37)36(17-23)24-5-3-4-19(12-24)15-30/h3-7,12-13,16,18,20,23,31-32H,8-11,14,17H2,1-2H3/p+1/t23-/m0/s1. The van der Waals surface area contributed by atoms with Crippen molar-refractivity contribution in [1.82, 2.24) is 15.0 Å². The average molecular weight is 527 g/mol. The zero-order chi connectivity index (χ0) is 27.5. The molecule has 2 amide bonds. The molecular formula is C29H32N7O3+. The molecule has 1 aromatic heterocycles. The SMILES string of the molecule is CC(C)Nc1cc(-c2noc(C3CCN(C(=O)[C@H]4CC(=O)N(c5cccc(C#N)c5)C4)CC3)n2)ccc1C=[NH2+]. The fourth-order valence-electron chi connectivity index (χ4n) is 5.27. The van der Waals surface area contributed by atoms with Crippen LogP contribution >= 0.6 is 0 Å². The van der Waals surface area contributed by atoms with Crippen LogP contribution in [0.15, 0.2) is 47.0 Å². The van der Waals surface area contributed by atoms with Crippen LogP contribution in [0.4, 0.5) is 11.4 Å². The van der Waals surface area contributed by atoms with Crippen molar-refractivity contribution in [2.45, 2.75) is 45.1 Å². The average Bonchev–Trinajstić information content (AvgIpc) is 3.60. The highest BCUT2D eigenvalue weighted by Gasteiger charge is 2.38. The molecule has 2 saturated heterocycles. The minimum atomic E-state index is -0.391. The van der Waals surface area contributed by atoms with E-state index in [0.717, 1.165) is 16.8 Å². The van der Waals surface area contributed by atoms with Crippen LogP contribution in [0.1, 0.15) is 56.0 Å². The third kappa shape index (κ3) is 5.53. The molecule has 1 atom stereocenters. The number of aromatic nitrogens is 2. The molecule has 2 aliphatic rings. The smallest absolute Gasteiger partial charge is 0.230 e. The number of likely N-dealkylation sites (tertiary alicyclic amines) is 1. The molecule has 0 saturated carbocycles. The number of nitriles is 1. The Kier molecular flexibility index (Phi) is 7.41. The first-order chi connectivity index (χ1) is 18.9. The normalized spacial score (nSPS) is 17.9. The number of carbonyl (C=O) groups is 2. The lowest BCUT2D eigenvalue weighted by molar-refractivity contribution is -0.136. The molecule has 2 aromatic carbocycles. The number of hydrogen-bond acceptors (Lipinski definition) is 7. The minimum absolute atomic E-state index is 0.00561. The minimum Gasteiger partial charge on any atom is -0.382 e. The van der Waals surface area contributed by atoms with Crippen molar-refractivity contribution in [1.29, 1.82) is 5.26 Å². The maximum atomic E-state index is 13.3. The summed E-state index contributed by atoms with van der Waals surface area (Å²) in [7, 11) is 0. The van der Waals surface area contributed by atoms with Crippen LogP contribution < -0.4 is 15.6 Å². The molecular weight excluding hydrogens is 494 g/mol. The first-order valence-corrected chi connectivity index (χ1v) is 13.2.